The normalized spacial score (nSPS) is 23.9. The zero-order valence-corrected chi connectivity index (χ0v) is 10.3. The SMILES string of the molecule is Cl.Nc1cc(Cl)ccc1OC1CCC(O)C1. The fourth-order valence-electron chi connectivity index (χ4n) is 1.83. The summed E-state index contributed by atoms with van der Waals surface area (Å²) in [6.07, 6.45) is 2.20. The first-order valence-electron chi connectivity index (χ1n) is 5.05. The van der Waals surface area contributed by atoms with Crippen molar-refractivity contribution < 1.29 is 9.84 Å². The van der Waals surface area contributed by atoms with Gasteiger partial charge >= 0.3 is 0 Å². The smallest absolute Gasteiger partial charge is 0.142 e. The maximum Gasteiger partial charge on any atom is 0.142 e. The molecule has 1 aromatic rings. The van der Waals surface area contributed by atoms with Crippen molar-refractivity contribution in [2.45, 2.75) is 31.5 Å². The van der Waals surface area contributed by atoms with Crippen molar-refractivity contribution in [3.63, 3.8) is 0 Å². The van der Waals surface area contributed by atoms with E-state index in [9.17, 15) is 5.11 Å². The van der Waals surface area contributed by atoms with Gasteiger partial charge in [-0.1, -0.05) is 11.6 Å². The molecule has 1 aliphatic carbocycles. The van der Waals surface area contributed by atoms with Gasteiger partial charge in [-0.2, -0.15) is 0 Å². The molecule has 0 heterocycles. The largest absolute Gasteiger partial charge is 0.488 e. The van der Waals surface area contributed by atoms with Gasteiger partial charge in [0.15, 0.2) is 0 Å². The molecule has 16 heavy (non-hydrogen) atoms. The molecule has 90 valence electrons. The van der Waals surface area contributed by atoms with Crippen LogP contribution in [-0.2, 0) is 0 Å². The van der Waals surface area contributed by atoms with Crippen LogP contribution in [0.3, 0.4) is 0 Å². The molecule has 0 radical (unpaired) electrons. The Balaban J connectivity index is 0.00000128. The van der Waals surface area contributed by atoms with E-state index >= 15 is 0 Å². The number of nitrogen functional groups attached to an aromatic ring is 1. The number of anilines is 1. The van der Waals surface area contributed by atoms with Crippen LogP contribution in [0.1, 0.15) is 19.3 Å². The molecule has 2 atom stereocenters. The number of nitrogens with two attached hydrogens (primary N) is 1. The van der Waals surface area contributed by atoms with Gasteiger partial charge < -0.3 is 15.6 Å². The summed E-state index contributed by atoms with van der Waals surface area (Å²) >= 11 is 5.78. The second-order valence-electron chi connectivity index (χ2n) is 3.89. The predicted molar refractivity (Wildman–Crippen MR) is 67.4 cm³/mol. The summed E-state index contributed by atoms with van der Waals surface area (Å²) in [5.74, 6) is 0.651. The molecule has 0 spiro atoms. The first kappa shape index (κ1) is 13.4. The lowest BCUT2D eigenvalue weighted by molar-refractivity contribution is 0.150. The average molecular weight is 264 g/mol. The summed E-state index contributed by atoms with van der Waals surface area (Å²) in [4.78, 5) is 0. The Kier molecular flexibility index (Phi) is 4.71. The van der Waals surface area contributed by atoms with Crippen LogP contribution in [0, 0.1) is 0 Å². The Labute approximate surface area is 106 Å². The highest BCUT2D eigenvalue weighted by Gasteiger charge is 2.24. The summed E-state index contributed by atoms with van der Waals surface area (Å²) in [6, 6.07) is 5.18. The Morgan fingerprint density at radius 1 is 1.38 bits per heavy atom. The van der Waals surface area contributed by atoms with Crippen molar-refractivity contribution in [2.75, 3.05) is 5.73 Å². The fourth-order valence-corrected chi connectivity index (χ4v) is 2.01. The van der Waals surface area contributed by atoms with Crippen LogP contribution in [-0.4, -0.2) is 17.3 Å². The fraction of sp³-hybridized carbons (Fsp3) is 0.455. The number of benzene rings is 1. The Morgan fingerprint density at radius 2 is 2.12 bits per heavy atom. The number of hydrogen-bond acceptors (Lipinski definition) is 3. The van der Waals surface area contributed by atoms with Crippen LogP contribution in [0.25, 0.3) is 0 Å². The van der Waals surface area contributed by atoms with E-state index in [0.29, 0.717) is 22.9 Å². The number of halogens is 2. The molecule has 3 nitrogen and oxygen atoms in total. The second kappa shape index (κ2) is 5.62. The van der Waals surface area contributed by atoms with Gasteiger partial charge in [0.25, 0.3) is 0 Å². The minimum absolute atomic E-state index is 0. The highest BCUT2D eigenvalue weighted by molar-refractivity contribution is 6.30. The van der Waals surface area contributed by atoms with Crippen LogP contribution >= 0.6 is 24.0 Å². The van der Waals surface area contributed by atoms with E-state index < -0.39 is 0 Å². The molecule has 0 aliphatic heterocycles. The summed E-state index contributed by atoms with van der Waals surface area (Å²) in [7, 11) is 0. The van der Waals surface area contributed by atoms with Crippen LogP contribution < -0.4 is 10.5 Å². The lowest BCUT2D eigenvalue weighted by atomic mass is 10.2. The summed E-state index contributed by atoms with van der Waals surface area (Å²) in [5, 5.41) is 9.96. The minimum Gasteiger partial charge on any atom is -0.488 e. The van der Waals surface area contributed by atoms with E-state index in [1.54, 1.807) is 18.2 Å². The zero-order valence-electron chi connectivity index (χ0n) is 8.73. The van der Waals surface area contributed by atoms with Gasteiger partial charge in [-0.15, -0.1) is 12.4 Å². The topological polar surface area (TPSA) is 55.5 Å². The van der Waals surface area contributed by atoms with Crippen molar-refractivity contribution in [1.29, 1.82) is 0 Å². The van der Waals surface area contributed by atoms with Crippen LogP contribution in [0.15, 0.2) is 18.2 Å². The molecule has 3 N–H and O–H groups in total. The first-order valence-corrected chi connectivity index (χ1v) is 5.42. The quantitative estimate of drug-likeness (QED) is 0.807. The Bertz CT molecular complexity index is 360. The lowest BCUT2D eigenvalue weighted by Gasteiger charge is -2.14. The van der Waals surface area contributed by atoms with Crippen molar-refractivity contribution in [3.8, 4) is 5.75 Å². The maximum atomic E-state index is 9.36. The third-order valence-corrected chi connectivity index (χ3v) is 2.86. The van der Waals surface area contributed by atoms with E-state index in [1.807, 2.05) is 0 Å². The molecular formula is C11H15Cl2NO2. The van der Waals surface area contributed by atoms with Gasteiger partial charge in [0.05, 0.1) is 11.8 Å². The highest BCUT2D eigenvalue weighted by atomic mass is 35.5. The molecule has 0 aromatic heterocycles. The number of ether oxygens (including phenoxy) is 1. The summed E-state index contributed by atoms with van der Waals surface area (Å²) in [5.41, 5.74) is 6.31. The Morgan fingerprint density at radius 3 is 2.69 bits per heavy atom. The van der Waals surface area contributed by atoms with Crippen molar-refractivity contribution in [1.82, 2.24) is 0 Å². The monoisotopic (exact) mass is 263 g/mol. The molecule has 1 aliphatic rings. The van der Waals surface area contributed by atoms with Crippen molar-refractivity contribution in [2.24, 2.45) is 0 Å². The zero-order chi connectivity index (χ0) is 10.8. The van der Waals surface area contributed by atoms with Crippen molar-refractivity contribution >= 4 is 29.7 Å². The van der Waals surface area contributed by atoms with E-state index in [-0.39, 0.29) is 24.6 Å². The average Bonchev–Trinajstić information content (AvgIpc) is 2.56. The molecule has 2 rings (SSSR count). The molecule has 0 amide bonds. The van der Waals surface area contributed by atoms with Crippen LogP contribution in [0.5, 0.6) is 5.75 Å². The van der Waals surface area contributed by atoms with Gasteiger partial charge in [0, 0.05) is 11.4 Å². The number of aliphatic hydroxyl groups excluding tert-OH is 1. The van der Waals surface area contributed by atoms with E-state index in [4.69, 9.17) is 22.1 Å². The molecule has 0 bridgehead atoms. The predicted octanol–water partition coefficient (Wildman–Crippen LogP) is 2.64. The van der Waals surface area contributed by atoms with Gasteiger partial charge in [-0.05, 0) is 31.0 Å². The Hall–Kier alpha value is -0.640. The molecule has 2 unspecified atom stereocenters. The second-order valence-corrected chi connectivity index (χ2v) is 4.33. The molecule has 5 heteroatoms. The van der Waals surface area contributed by atoms with Crippen LogP contribution in [0.4, 0.5) is 5.69 Å². The standard InChI is InChI=1S/C11H14ClNO2.ClH/c12-7-1-4-11(10(13)5-7)15-9-3-2-8(14)6-9;/h1,4-5,8-9,14H,2-3,6,13H2;1H. The van der Waals surface area contributed by atoms with Crippen LogP contribution in [0.2, 0.25) is 5.02 Å². The van der Waals surface area contributed by atoms with Gasteiger partial charge in [-0.25, -0.2) is 0 Å². The maximum absolute atomic E-state index is 9.36. The molecule has 1 saturated carbocycles. The highest BCUT2D eigenvalue weighted by Crippen LogP contribution is 2.30. The minimum atomic E-state index is -0.233. The molecule has 1 fully saturated rings. The number of aliphatic hydroxyl groups is 1. The molecule has 1 aromatic carbocycles. The van der Waals surface area contributed by atoms with Gasteiger partial charge in [0.1, 0.15) is 11.9 Å². The summed E-state index contributed by atoms with van der Waals surface area (Å²) in [6.45, 7) is 0. The van der Waals surface area contributed by atoms with Crippen molar-refractivity contribution in [3.05, 3.63) is 23.2 Å². The first-order chi connectivity index (χ1) is 7.15. The molecule has 0 saturated heterocycles. The number of rotatable bonds is 2. The number of hydrogen-bond donors (Lipinski definition) is 2. The summed E-state index contributed by atoms with van der Waals surface area (Å²) < 4.78 is 5.69. The molecular weight excluding hydrogens is 249 g/mol. The third-order valence-electron chi connectivity index (χ3n) is 2.62. The van der Waals surface area contributed by atoms with Gasteiger partial charge in [-0.3, -0.25) is 0 Å². The lowest BCUT2D eigenvalue weighted by Crippen LogP contribution is -2.14. The van der Waals surface area contributed by atoms with E-state index in [0.717, 1.165) is 12.8 Å². The third kappa shape index (κ3) is 3.17. The van der Waals surface area contributed by atoms with E-state index in [2.05, 4.69) is 0 Å². The van der Waals surface area contributed by atoms with E-state index in [1.165, 1.54) is 0 Å². The van der Waals surface area contributed by atoms with Gasteiger partial charge in [0.2, 0.25) is 0 Å².